The Hall–Kier alpha value is -1.16. The molecule has 2 N–H and O–H groups in total. The van der Waals surface area contributed by atoms with Crippen molar-refractivity contribution >= 4 is 11.3 Å². The van der Waals surface area contributed by atoms with E-state index >= 15 is 0 Å². The van der Waals surface area contributed by atoms with E-state index in [-0.39, 0.29) is 0 Å². The van der Waals surface area contributed by atoms with Crippen molar-refractivity contribution < 1.29 is 0 Å². The highest BCUT2D eigenvalue weighted by Crippen LogP contribution is 2.26. The average Bonchev–Trinajstić information content (AvgIpc) is 2.93. The quantitative estimate of drug-likeness (QED) is 0.927. The Labute approximate surface area is 118 Å². The molecule has 1 aliphatic heterocycles. The fraction of sp³-hybridized carbons (Fsp3) is 0.375. The van der Waals surface area contributed by atoms with Crippen LogP contribution in [0.5, 0.6) is 0 Å². The normalized spacial score (nSPS) is 17.1. The van der Waals surface area contributed by atoms with E-state index in [9.17, 15) is 0 Å². The third-order valence-electron chi connectivity index (χ3n) is 3.92. The van der Waals surface area contributed by atoms with Crippen LogP contribution >= 0.6 is 11.3 Å². The van der Waals surface area contributed by atoms with Gasteiger partial charge in [-0.25, -0.2) is 0 Å². The minimum absolute atomic E-state index is 0.446. The van der Waals surface area contributed by atoms with Gasteiger partial charge >= 0.3 is 0 Å². The lowest BCUT2D eigenvalue weighted by atomic mass is 9.97. The maximum absolute atomic E-state index is 5.97. The molecule has 0 radical (unpaired) electrons. The summed E-state index contributed by atoms with van der Waals surface area (Å²) in [5.74, 6) is 0.446. The summed E-state index contributed by atoms with van der Waals surface area (Å²) < 4.78 is 0. The van der Waals surface area contributed by atoms with Gasteiger partial charge in [0.25, 0.3) is 0 Å². The molecule has 0 bridgehead atoms. The Bertz CT molecular complexity index is 521. The molecule has 0 spiro atoms. The smallest absolute Gasteiger partial charge is 0.0245 e. The maximum atomic E-state index is 5.97. The standard InChI is InChI=1S/C16H20N2S/c17-10-15(13-4-2-1-3-5-13)12-18-8-6-16-14(11-18)7-9-19-16/h1-5,7,9,15H,6,8,10-12,17H2. The molecule has 3 heteroatoms. The number of rotatable bonds is 4. The van der Waals surface area contributed by atoms with Crippen LogP contribution in [0.2, 0.25) is 0 Å². The Morgan fingerprint density at radius 1 is 1.21 bits per heavy atom. The highest BCUT2D eigenvalue weighted by molar-refractivity contribution is 7.10. The predicted octanol–water partition coefficient (Wildman–Crippen LogP) is 2.85. The van der Waals surface area contributed by atoms with Crippen LogP contribution in [0.25, 0.3) is 0 Å². The van der Waals surface area contributed by atoms with Gasteiger partial charge in [-0.2, -0.15) is 0 Å². The summed E-state index contributed by atoms with van der Waals surface area (Å²) in [7, 11) is 0. The monoisotopic (exact) mass is 272 g/mol. The van der Waals surface area contributed by atoms with E-state index in [0.29, 0.717) is 5.92 Å². The number of thiophene rings is 1. The number of nitrogens with zero attached hydrogens (tertiary/aromatic N) is 1. The molecule has 2 aromatic rings. The van der Waals surface area contributed by atoms with Crippen LogP contribution in [0.3, 0.4) is 0 Å². The van der Waals surface area contributed by atoms with E-state index in [2.05, 4.69) is 46.7 Å². The molecule has 3 rings (SSSR count). The van der Waals surface area contributed by atoms with Gasteiger partial charge in [0, 0.05) is 37.0 Å². The van der Waals surface area contributed by atoms with Crippen molar-refractivity contribution in [2.24, 2.45) is 5.73 Å². The summed E-state index contributed by atoms with van der Waals surface area (Å²) in [6.07, 6.45) is 1.19. The molecular formula is C16H20N2S. The van der Waals surface area contributed by atoms with Gasteiger partial charge in [-0.15, -0.1) is 11.3 Å². The third-order valence-corrected chi connectivity index (χ3v) is 4.94. The Kier molecular flexibility index (Phi) is 3.97. The van der Waals surface area contributed by atoms with Gasteiger partial charge in [0.1, 0.15) is 0 Å². The maximum Gasteiger partial charge on any atom is 0.0245 e. The number of fused-ring (bicyclic) bond motifs is 1. The van der Waals surface area contributed by atoms with E-state index in [1.165, 1.54) is 17.5 Å². The minimum atomic E-state index is 0.446. The molecule has 19 heavy (non-hydrogen) atoms. The van der Waals surface area contributed by atoms with Crippen molar-refractivity contribution in [3.63, 3.8) is 0 Å². The molecule has 0 saturated heterocycles. The molecule has 1 aromatic carbocycles. The third kappa shape index (κ3) is 2.89. The van der Waals surface area contributed by atoms with E-state index in [4.69, 9.17) is 5.73 Å². The van der Waals surface area contributed by atoms with E-state index < -0.39 is 0 Å². The molecule has 1 aliphatic rings. The molecule has 0 amide bonds. The van der Waals surface area contributed by atoms with Gasteiger partial charge in [0.05, 0.1) is 0 Å². The van der Waals surface area contributed by atoms with E-state index in [1.807, 2.05) is 11.3 Å². The summed E-state index contributed by atoms with van der Waals surface area (Å²) in [5, 5.41) is 2.21. The van der Waals surface area contributed by atoms with Crippen LogP contribution in [-0.2, 0) is 13.0 Å². The predicted molar refractivity (Wildman–Crippen MR) is 81.5 cm³/mol. The summed E-state index contributed by atoms with van der Waals surface area (Å²) >= 11 is 1.90. The van der Waals surface area contributed by atoms with Crippen LogP contribution < -0.4 is 5.73 Å². The SMILES string of the molecule is NCC(CN1CCc2sccc2C1)c1ccccc1. The minimum Gasteiger partial charge on any atom is -0.330 e. The summed E-state index contributed by atoms with van der Waals surface area (Å²) in [5.41, 5.74) is 8.85. The lowest BCUT2D eigenvalue weighted by Gasteiger charge is -2.30. The molecule has 1 unspecified atom stereocenters. The van der Waals surface area contributed by atoms with Gasteiger partial charge in [-0.1, -0.05) is 30.3 Å². The number of hydrogen-bond donors (Lipinski definition) is 1. The van der Waals surface area contributed by atoms with Gasteiger partial charge in [-0.05, 0) is 29.0 Å². The second kappa shape index (κ2) is 5.87. The topological polar surface area (TPSA) is 29.3 Å². The zero-order valence-corrected chi connectivity index (χ0v) is 11.9. The van der Waals surface area contributed by atoms with Crippen LogP contribution in [-0.4, -0.2) is 24.5 Å². The van der Waals surface area contributed by atoms with Crippen LogP contribution in [0, 0.1) is 0 Å². The Morgan fingerprint density at radius 2 is 2.05 bits per heavy atom. The van der Waals surface area contributed by atoms with Gasteiger partial charge in [0.15, 0.2) is 0 Å². The molecule has 2 nitrogen and oxygen atoms in total. The Morgan fingerprint density at radius 3 is 2.84 bits per heavy atom. The van der Waals surface area contributed by atoms with Crippen molar-refractivity contribution in [1.29, 1.82) is 0 Å². The fourth-order valence-corrected chi connectivity index (χ4v) is 3.71. The first kappa shape index (κ1) is 12.9. The van der Waals surface area contributed by atoms with Gasteiger partial charge in [0.2, 0.25) is 0 Å². The molecular weight excluding hydrogens is 252 g/mol. The second-order valence-electron chi connectivity index (χ2n) is 5.20. The zero-order chi connectivity index (χ0) is 13.1. The van der Waals surface area contributed by atoms with Crippen molar-refractivity contribution in [1.82, 2.24) is 4.90 Å². The molecule has 1 aromatic heterocycles. The lowest BCUT2D eigenvalue weighted by molar-refractivity contribution is 0.240. The first-order valence-electron chi connectivity index (χ1n) is 6.89. The highest BCUT2D eigenvalue weighted by atomic mass is 32.1. The molecule has 2 heterocycles. The van der Waals surface area contributed by atoms with Crippen LogP contribution in [0.15, 0.2) is 41.8 Å². The van der Waals surface area contributed by atoms with Gasteiger partial charge in [-0.3, -0.25) is 4.90 Å². The first-order chi connectivity index (χ1) is 9.36. The largest absolute Gasteiger partial charge is 0.330 e. The van der Waals surface area contributed by atoms with E-state index in [1.54, 1.807) is 4.88 Å². The number of hydrogen-bond acceptors (Lipinski definition) is 3. The summed E-state index contributed by atoms with van der Waals surface area (Å²) in [6, 6.07) is 12.9. The van der Waals surface area contributed by atoms with Crippen molar-refractivity contribution in [3.05, 3.63) is 57.8 Å². The second-order valence-corrected chi connectivity index (χ2v) is 6.20. The van der Waals surface area contributed by atoms with Gasteiger partial charge < -0.3 is 5.73 Å². The lowest BCUT2D eigenvalue weighted by Crippen LogP contribution is -2.35. The van der Waals surface area contributed by atoms with Crippen molar-refractivity contribution in [2.45, 2.75) is 18.9 Å². The molecule has 0 aliphatic carbocycles. The number of benzene rings is 1. The Balaban J connectivity index is 1.68. The number of nitrogens with two attached hydrogens (primary N) is 1. The first-order valence-corrected chi connectivity index (χ1v) is 7.77. The summed E-state index contributed by atoms with van der Waals surface area (Å²) in [4.78, 5) is 4.11. The zero-order valence-electron chi connectivity index (χ0n) is 11.1. The molecule has 100 valence electrons. The summed E-state index contributed by atoms with van der Waals surface area (Å²) in [6.45, 7) is 4.03. The van der Waals surface area contributed by atoms with E-state index in [0.717, 1.165) is 26.2 Å². The fourth-order valence-electron chi connectivity index (χ4n) is 2.82. The van der Waals surface area contributed by atoms with Crippen LogP contribution in [0.1, 0.15) is 21.9 Å². The molecule has 0 fully saturated rings. The van der Waals surface area contributed by atoms with Crippen molar-refractivity contribution in [3.8, 4) is 0 Å². The molecule has 1 atom stereocenters. The van der Waals surface area contributed by atoms with Crippen LogP contribution in [0.4, 0.5) is 0 Å². The average molecular weight is 272 g/mol. The highest BCUT2D eigenvalue weighted by Gasteiger charge is 2.20. The van der Waals surface area contributed by atoms with Crippen molar-refractivity contribution in [2.75, 3.05) is 19.6 Å². The molecule has 0 saturated carbocycles.